The Labute approximate surface area is 207 Å². The van der Waals surface area contributed by atoms with Crippen LogP contribution in [0.2, 0.25) is 0 Å². The van der Waals surface area contributed by atoms with Crippen LogP contribution in [0.5, 0.6) is 5.75 Å². The van der Waals surface area contributed by atoms with Crippen molar-refractivity contribution in [3.63, 3.8) is 0 Å². The lowest BCUT2D eigenvalue weighted by molar-refractivity contribution is -0.138. The quantitative estimate of drug-likeness (QED) is 0.421. The minimum atomic E-state index is -4.38. The van der Waals surface area contributed by atoms with Crippen molar-refractivity contribution >= 4 is 11.9 Å². The van der Waals surface area contributed by atoms with Crippen LogP contribution in [0.4, 0.5) is 19.1 Å². The summed E-state index contributed by atoms with van der Waals surface area (Å²) < 4.78 is 45.1. The number of alkyl halides is 3. The van der Waals surface area contributed by atoms with E-state index < -0.39 is 17.7 Å². The van der Waals surface area contributed by atoms with Gasteiger partial charge in [-0.05, 0) is 59.7 Å². The fraction of sp³-hybridized carbons (Fsp3) is 0.370. The van der Waals surface area contributed by atoms with Crippen LogP contribution in [0.1, 0.15) is 47.6 Å². The molecule has 0 fully saturated rings. The number of aliphatic carboxylic acids is 1. The number of rotatable bonds is 9. The molecule has 6 nitrogen and oxygen atoms in total. The number of aryl methyl sites for hydroxylation is 2. The Balaban J connectivity index is 1.47. The van der Waals surface area contributed by atoms with Crippen molar-refractivity contribution in [2.45, 2.75) is 57.9 Å². The molecule has 0 amide bonds. The molecule has 0 saturated carbocycles. The molecule has 36 heavy (non-hydrogen) atoms. The molecule has 190 valence electrons. The number of aromatic nitrogens is 2. The lowest BCUT2D eigenvalue weighted by Gasteiger charge is -2.29. The predicted octanol–water partition coefficient (Wildman–Crippen LogP) is 5.48. The van der Waals surface area contributed by atoms with E-state index in [0.29, 0.717) is 36.8 Å². The van der Waals surface area contributed by atoms with E-state index in [0.717, 1.165) is 48.1 Å². The van der Waals surface area contributed by atoms with Crippen LogP contribution in [-0.2, 0) is 36.8 Å². The monoisotopic (exact) mass is 499 g/mol. The average Bonchev–Trinajstić information content (AvgIpc) is 2.86. The van der Waals surface area contributed by atoms with Crippen LogP contribution >= 0.6 is 0 Å². The molecule has 1 unspecified atom stereocenters. The van der Waals surface area contributed by atoms with E-state index in [4.69, 9.17) is 9.84 Å². The van der Waals surface area contributed by atoms with Crippen LogP contribution in [-0.4, -0.2) is 33.7 Å². The maximum atomic E-state index is 13.0. The van der Waals surface area contributed by atoms with Gasteiger partial charge in [-0.15, -0.1) is 0 Å². The lowest BCUT2D eigenvalue weighted by atomic mass is 9.98. The first-order valence-corrected chi connectivity index (χ1v) is 11.9. The molecule has 1 aliphatic heterocycles. The van der Waals surface area contributed by atoms with E-state index in [1.165, 1.54) is 12.1 Å². The number of hydrogen-bond donors (Lipinski definition) is 1. The van der Waals surface area contributed by atoms with E-state index in [1.807, 2.05) is 24.0 Å². The first-order valence-electron chi connectivity index (χ1n) is 11.9. The second-order valence-electron chi connectivity index (χ2n) is 8.94. The third-order valence-corrected chi connectivity index (χ3v) is 6.27. The Morgan fingerprint density at radius 1 is 1.08 bits per heavy atom. The van der Waals surface area contributed by atoms with Gasteiger partial charge < -0.3 is 14.7 Å². The summed E-state index contributed by atoms with van der Waals surface area (Å²) in [6, 6.07) is 10.7. The van der Waals surface area contributed by atoms with Crippen molar-refractivity contribution < 1.29 is 27.8 Å². The highest BCUT2D eigenvalue weighted by Gasteiger charge is 2.30. The molecule has 1 aliphatic rings. The number of carboxylic acids is 1. The zero-order valence-corrected chi connectivity index (χ0v) is 20.0. The standard InChI is InChI=1S/C27H28F3N3O3/c1-2-18-15-31-26(32-16-18)33(17-19-4-8-22(9-5-19)27(28,29)30)12-11-23-10-7-21-6-3-20(14-25(34)35)13-24(21)36-23/h3-6,8-9,13,15-16,23H,2,7,10-12,14,17H2,1H3,(H,34,35). The topological polar surface area (TPSA) is 75.6 Å². The zero-order valence-electron chi connectivity index (χ0n) is 20.0. The van der Waals surface area contributed by atoms with Gasteiger partial charge in [-0.25, -0.2) is 9.97 Å². The normalized spacial score (nSPS) is 15.2. The molecule has 0 radical (unpaired) electrons. The summed E-state index contributed by atoms with van der Waals surface area (Å²) in [6.07, 6.45) is 2.11. The van der Waals surface area contributed by atoms with Gasteiger partial charge >= 0.3 is 12.1 Å². The third-order valence-electron chi connectivity index (χ3n) is 6.27. The lowest BCUT2D eigenvalue weighted by Crippen LogP contribution is -2.32. The van der Waals surface area contributed by atoms with E-state index >= 15 is 0 Å². The van der Waals surface area contributed by atoms with Crippen LogP contribution in [0.3, 0.4) is 0 Å². The molecule has 1 atom stereocenters. The van der Waals surface area contributed by atoms with Crippen LogP contribution in [0.15, 0.2) is 54.9 Å². The molecular weight excluding hydrogens is 471 g/mol. The molecule has 0 saturated heterocycles. The minimum Gasteiger partial charge on any atom is -0.490 e. The van der Waals surface area contributed by atoms with Gasteiger partial charge in [-0.3, -0.25) is 4.79 Å². The second-order valence-corrected chi connectivity index (χ2v) is 8.94. The molecule has 0 aliphatic carbocycles. The highest BCUT2D eigenvalue weighted by atomic mass is 19.4. The van der Waals surface area contributed by atoms with Crippen molar-refractivity contribution in [2.75, 3.05) is 11.4 Å². The van der Waals surface area contributed by atoms with Crippen molar-refractivity contribution in [3.8, 4) is 5.75 Å². The molecule has 3 aromatic rings. The van der Waals surface area contributed by atoms with Gasteiger partial charge in [0.25, 0.3) is 0 Å². The van der Waals surface area contributed by atoms with Crippen LogP contribution in [0, 0.1) is 0 Å². The molecule has 0 bridgehead atoms. The van der Waals surface area contributed by atoms with Gasteiger partial charge in [-0.2, -0.15) is 13.2 Å². The first-order chi connectivity index (χ1) is 17.2. The fourth-order valence-corrected chi connectivity index (χ4v) is 4.22. The second kappa shape index (κ2) is 11.0. The summed E-state index contributed by atoms with van der Waals surface area (Å²) in [5.41, 5.74) is 2.78. The number of hydrogen-bond acceptors (Lipinski definition) is 5. The molecule has 2 aromatic carbocycles. The number of halogens is 3. The first kappa shape index (κ1) is 25.5. The SMILES string of the molecule is CCc1cnc(N(CCC2CCc3ccc(CC(=O)O)cc3O2)Cc2ccc(C(F)(F)F)cc2)nc1. The summed E-state index contributed by atoms with van der Waals surface area (Å²) in [7, 11) is 0. The predicted molar refractivity (Wildman–Crippen MR) is 129 cm³/mol. The molecular formula is C27H28F3N3O3. The molecule has 0 spiro atoms. The molecule has 1 N–H and O–H groups in total. The smallest absolute Gasteiger partial charge is 0.416 e. The van der Waals surface area contributed by atoms with Gasteiger partial charge in [0.15, 0.2) is 0 Å². The minimum absolute atomic E-state index is 0.0622. The zero-order chi connectivity index (χ0) is 25.7. The number of carbonyl (C=O) groups is 1. The van der Waals surface area contributed by atoms with Crippen molar-refractivity contribution in [2.24, 2.45) is 0 Å². The van der Waals surface area contributed by atoms with E-state index in [2.05, 4.69) is 9.97 Å². The summed E-state index contributed by atoms with van der Waals surface area (Å²) in [4.78, 5) is 22.0. The van der Waals surface area contributed by atoms with Gasteiger partial charge in [0.1, 0.15) is 11.9 Å². The largest absolute Gasteiger partial charge is 0.490 e. The van der Waals surface area contributed by atoms with Crippen LogP contribution in [0.25, 0.3) is 0 Å². The summed E-state index contributed by atoms with van der Waals surface area (Å²) in [5.74, 6) is 0.324. The highest BCUT2D eigenvalue weighted by molar-refractivity contribution is 5.70. The van der Waals surface area contributed by atoms with E-state index in [1.54, 1.807) is 18.5 Å². The fourth-order valence-electron chi connectivity index (χ4n) is 4.22. The average molecular weight is 500 g/mol. The van der Waals surface area contributed by atoms with E-state index in [-0.39, 0.29) is 12.5 Å². The molecule has 1 aromatic heterocycles. The maximum absolute atomic E-state index is 13.0. The summed E-state index contributed by atoms with van der Waals surface area (Å²) in [6.45, 7) is 2.91. The van der Waals surface area contributed by atoms with Gasteiger partial charge in [0.2, 0.25) is 5.95 Å². The number of benzene rings is 2. The summed E-state index contributed by atoms with van der Waals surface area (Å²) in [5, 5.41) is 9.07. The van der Waals surface area contributed by atoms with Gasteiger partial charge in [-0.1, -0.05) is 31.2 Å². The Hall–Kier alpha value is -3.62. The number of anilines is 1. The third kappa shape index (κ3) is 6.53. The molecule has 2 heterocycles. The van der Waals surface area contributed by atoms with E-state index in [9.17, 15) is 18.0 Å². The number of fused-ring (bicyclic) bond motifs is 1. The number of carboxylic acid groups (broad SMARTS) is 1. The Morgan fingerprint density at radius 3 is 2.42 bits per heavy atom. The maximum Gasteiger partial charge on any atom is 0.416 e. The Morgan fingerprint density at radius 2 is 1.78 bits per heavy atom. The highest BCUT2D eigenvalue weighted by Crippen LogP contribution is 2.31. The number of nitrogens with zero attached hydrogens (tertiary/aromatic N) is 3. The van der Waals surface area contributed by atoms with Crippen molar-refractivity contribution in [1.29, 1.82) is 0 Å². The Bertz CT molecular complexity index is 1180. The Kier molecular flexibility index (Phi) is 7.76. The van der Waals surface area contributed by atoms with Gasteiger partial charge in [0.05, 0.1) is 12.0 Å². The summed E-state index contributed by atoms with van der Waals surface area (Å²) >= 11 is 0. The van der Waals surface area contributed by atoms with Crippen molar-refractivity contribution in [1.82, 2.24) is 9.97 Å². The van der Waals surface area contributed by atoms with Crippen LogP contribution < -0.4 is 9.64 Å². The number of ether oxygens (including phenoxy) is 1. The van der Waals surface area contributed by atoms with Crippen molar-refractivity contribution in [3.05, 3.63) is 82.7 Å². The molecule has 9 heteroatoms. The molecule has 4 rings (SSSR count). The van der Waals surface area contributed by atoms with Gasteiger partial charge in [0, 0.05) is 31.9 Å².